The molecule has 1 aromatic rings. The Morgan fingerprint density at radius 2 is 2.11 bits per heavy atom. The van der Waals surface area contributed by atoms with Gasteiger partial charge in [0.05, 0.1) is 5.75 Å². The number of sulfonamides is 1. The lowest BCUT2D eigenvalue weighted by molar-refractivity contribution is 0.390. The predicted octanol–water partition coefficient (Wildman–Crippen LogP) is 2.60. The van der Waals surface area contributed by atoms with Crippen molar-refractivity contribution >= 4 is 10.0 Å². The zero-order valence-corrected chi connectivity index (χ0v) is 12.1. The second-order valence-corrected chi connectivity index (χ2v) is 7.90. The van der Waals surface area contributed by atoms with Crippen LogP contribution in [0, 0.1) is 18.8 Å². The average molecular weight is 279 g/mol. The molecule has 3 nitrogen and oxygen atoms in total. The van der Waals surface area contributed by atoms with Crippen LogP contribution in [0.1, 0.15) is 36.8 Å². The molecule has 0 aromatic heterocycles. The highest BCUT2D eigenvalue weighted by Crippen LogP contribution is 2.44. The molecule has 0 saturated heterocycles. The van der Waals surface area contributed by atoms with Crippen LogP contribution in [0.15, 0.2) is 24.3 Å². The molecule has 2 fully saturated rings. The minimum atomic E-state index is -3.21. The smallest absolute Gasteiger partial charge is 0.212 e. The third-order valence-electron chi connectivity index (χ3n) is 4.51. The molecule has 2 aliphatic rings. The molecule has 0 spiro atoms. The molecule has 19 heavy (non-hydrogen) atoms. The van der Waals surface area contributed by atoms with Gasteiger partial charge in [0.15, 0.2) is 0 Å². The summed E-state index contributed by atoms with van der Waals surface area (Å²) in [5.41, 5.74) is 1.98. The van der Waals surface area contributed by atoms with Crippen molar-refractivity contribution in [3.63, 3.8) is 0 Å². The van der Waals surface area contributed by atoms with Crippen molar-refractivity contribution in [2.45, 2.75) is 44.4 Å². The van der Waals surface area contributed by atoms with E-state index < -0.39 is 10.0 Å². The fraction of sp³-hybridized carbons (Fsp3) is 0.600. The van der Waals surface area contributed by atoms with Gasteiger partial charge in [-0.05, 0) is 43.6 Å². The van der Waals surface area contributed by atoms with Crippen LogP contribution in [-0.4, -0.2) is 14.5 Å². The van der Waals surface area contributed by atoms with E-state index in [2.05, 4.69) is 4.72 Å². The topological polar surface area (TPSA) is 46.2 Å². The molecular weight excluding hydrogens is 258 g/mol. The van der Waals surface area contributed by atoms with Gasteiger partial charge in [-0.15, -0.1) is 0 Å². The fourth-order valence-corrected chi connectivity index (χ4v) is 5.13. The van der Waals surface area contributed by atoms with Crippen LogP contribution in [0.3, 0.4) is 0 Å². The average Bonchev–Trinajstić information content (AvgIpc) is 2.89. The van der Waals surface area contributed by atoms with Crippen molar-refractivity contribution in [1.29, 1.82) is 0 Å². The summed E-state index contributed by atoms with van der Waals surface area (Å²) >= 11 is 0. The zero-order chi connectivity index (χ0) is 13.5. The Balaban J connectivity index is 1.66. The van der Waals surface area contributed by atoms with Gasteiger partial charge in [0.1, 0.15) is 0 Å². The molecule has 0 radical (unpaired) electrons. The van der Waals surface area contributed by atoms with Crippen LogP contribution in [-0.2, 0) is 15.8 Å². The molecule has 3 atom stereocenters. The summed E-state index contributed by atoms with van der Waals surface area (Å²) < 4.78 is 27.4. The van der Waals surface area contributed by atoms with Gasteiger partial charge in [0, 0.05) is 6.04 Å². The summed E-state index contributed by atoms with van der Waals surface area (Å²) in [6, 6.07) is 7.91. The van der Waals surface area contributed by atoms with Crippen molar-refractivity contribution in [3.05, 3.63) is 35.4 Å². The van der Waals surface area contributed by atoms with Crippen molar-refractivity contribution in [3.8, 4) is 0 Å². The largest absolute Gasteiger partial charge is 0.216 e. The van der Waals surface area contributed by atoms with E-state index in [0.717, 1.165) is 23.5 Å². The van der Waals surface area contributed by atoms with E-state index in [-0.39, 0.29) is 11.8 Å². The zero-order valence-electron chi connectivity index (χ0n) is 11.3. The lowest BCUT2D eigenvalue weighted by Crippen LogP contribution is -2.39. The molecule has 4 heteroatoms. The van der Waals surface area contributed by atoms with Crippen molar-refractivity contribution in [1.82, 2.24) is 4.72 Å². The van der Waals surface area contributed by atoms with Crippen molar-refractivity contribution < 1.29 is 8.42 Å². The number of hydrogen-bond donors (Lipinski definition) is 1. The van der Waals surface area contributed by atoms with E-state index >= 15 is 0 Å². The van der Waals surface area contributed by atoms with Crippen LogP contribution in [0.2, 0.25) is 0 Å². The predicted molar refractivity (Wildman–Crippen MR) is 76.2 cm³/mol. The molecule has 1 N–H and O–H groups in total. The number of fused-ring (bicyclic) bond motifs is 2. The first-order valence-electron chi connectivity index (χ1n) is 7.07. The molecule has 1 aromatic carbocycles. The van der Waals surface area contributed by atoms with Gasteiger partial charge in [0.25, 0.3) is 0 Å². The second kappa shape index (κ2) is 4.91. The van der Waals surface area contributed by atoms with Gasteiger partial charge in [0.2, 0.25) is 10.0 Å². The molecule has 3 rings (SSSR count). The third kappa shape index (κ3) is 3.00. The van der Waals surface area contributed by atoms with Crippen LogP contribution >= 0.6 is 0 Å². The molecule has 0 unspecified atom stereocenters. The number of hydrogen-bond acceptors (Lipinski definition) is 2. The van der Waals surface area contributed by atoms with Crippen LogP contribution in [0.25, 0.3) is 0 Å². The maximum atomic E-state index is 12.2. The van der Waals surface area contributed by atoms with Gasteiger partial charge >= 0.3 is 0 Å². The van der Waals surface area contributed by atoms with Crippen LogP contribution in [0.4, 0.5) is 0 Å². The van der Waals surface area contributed by atoms with Gasteiger partial charge in [-0.3, -0.25) is 0 Å². The molecule has 2 bridgehead atoms. The van der Waals surface area contributed by atoms with E-state index in [4.69, 9.17) is 0 Å². The monoisotopic (exact) mass is 279 g/mol. The molecule has 0 aliphatic heterocycles. The molecule has 2 aliphatic carbocycles. The van der Waals surface area contributed by atoms with Crippen molar-refractivity contribution in [2.75, 3.05) is 0 Å². The Hall–Kier alpha value is -0.870. The maximum absolute atomic E-state index is 12.2. The van der Waals surface area contributed by atoms with E-state index in [9.17, 15) is 8.42 Å². The standard InChI is InChI=1S/C15H21NO2S/c1-11-3-2-4-13(7-11)10-19(17,18)16-15-9-12-5-6-14(15)8-12/h2-4,7,12,14-16H,5-6,8-10H2,1H3/t12-,14+,15+/m0/s1. The Kier molecular flexibility index (Phi) is 3.39. The fourth-order valence-electron chi connectivity index (χ4n) is 3.68. The Labute approximate surface area is 115 Å². The lowest BCUT2D eigenvalue weighted by atomic mass is 9.96. The van der Waals surface area contributed by atoms with Gasteiger partial charge in [-0.2, -0.15) is 0 Å². The number of aryl methyl sites for hydroxylation is 1. The van der Waals surface area contributed by atoms with Gasteiger partial charge in [-0.25, -0.2) is 13.1 Å². The molecule has 0 heterocycles. The first kappa shape index (κ1) is 13.1. The minimum absolute atomic E-state index is 0.0998. The van der Waals surface area contributed by atoms with E-state index in [1.807, 2.05) is 31.2 Å². The maximum Gasteiger partial charge on any atom is 0.216 e. The van der Waals surface area contributed by atoms with Crippen molar-refractivity contribution in [2.24, 2.45) is 11.8 Å². The number of nitrogens with one attached hydrogen (secondary N) is 1. The molecule has 104 valence electrons. The minimum Gasteiger partial charge on any atom is -0.212 e. The Bertz CT molecular complexity index is 567. The summed E-state index contributed by atoms with van der Waals surface area (Å²) in [6.45, 7) is 1.99. The normalized spacial score (nSPS) is 29.8. The van der Waals surface area contributed by atoms with Crippen LogP contribution < -0.4 is 4.72 Å². The van der Waals surface area contributed by atoms with Gasteiger partial charge < -0.3 is 0 Å². The highest BCUT2D eigenvalue weighted by Gasteiger charge is 2.40. The summed E-state index contributed by atoms with van der Waals surface area (Å²) in [4.78, 5) is 0. The first-order valence-corrected chi connectivity index (χ1v) is 8.72. The highest BCUT2D eigenvalue weighted by molar-refractivity contribution is 7.88. The van der Waals surface area contributed by atoms with E-state index in [1.54, 1.807) is 0 Å². The highest BCUT2D eigenvalue weighted by atomic mass is 32.2. The molecule has 2 saturated carbocycles. The summed E-state index contributed by atoms with van der Waals surface area (Å²) in [6.07, 6.45) is 4.75. The van der Waals surface area contributed by atoms with Crippen LogP contribution in [0.5, 0.6) is 0 Å². The SMILES string of the molecule is Cc1cccc(CS(=O)(=O)N[C@@H]2C[C@H]3CC[C@@H]2C3)c1. The number of rotatable bonds is 4. The summed E-state index contributed by atoms with van der Waals surface area (Å²) in [5, 5.41) is 0. The number of benzene rings is 1. The third-order valence-corrected chi connectivity index (χ3v) is 5.88. The van der Waals surface area contributed by atoms with Gasteiger partial charge in [-0.1, -0.05) is 36.2 Å². The molecule has 0 amide bonds. The Morgan fingerprint density at radius 3 is 2.74 bits per heavy atom. The first-order chi connectivity index (χ1) is 9.02. The van der Waals surface area contributed by atoms with E-state index in [0.29, 0.717) is 5.92 Å². The molecular formula is C15H21NO2S. The summed E-state index contributed by atoms with van der Waals surface area (Å²) in [5.74, 6) is 1.44. The summed E-state index contributed by atoms with van der Waals surface area (Å²) in [7, 11) is -3.21. The van der Waals surface area contributed by atoms with E-state index in [1.165, 1.54) is 19.3 Å². The lowest BCUT2D eigenvalue weighted by Gasteiger charge is -2.22. The Morgan fingerprint density at radius 1 is 1.26 bits per heavy atom. The quantitative estimate of drug-likeness (QED) is 0.921. The second-order valence-electron chi connectivity index (χ2n) is 6.15.